The number of nitrogens with one attached hydrogen (secondary N) is 2. The number of hydrogen-bond acceptors (Lipinski definition) is 6. The summed E-state index contributed by atoms with van der Waals surface area (Å²) in [6.45, 7) is 1.46. The maximum absolute atomic E-state index is 12.1. The molecule has 120 valence electrons. The van der Waals surface area contributed by atoms with Crippen molar-refractivity contribution < 1.29 is 9.59 Å². The molecule has 2 N–H and O–H groups in total. The van der Waals surface area contributed by atoms with Gasteiger partial charge in [-0.15, -0.1) is 0 Å². The number of amides is 1. The summed E-state index contributed by atoms with van der Waals surface area (Å²) in [5.41, 5.74) is 0.876. The highest BCUT2D eigenvalue weighted by molar-refractivity contribution is 9.10. The first-order chi connectivity index (χ1) is 11.5. The van der Waals surface area contributed by atoms with Crippen molar-refractivity contribution >= 4 is 39.3 Å². The minimum atomic E-state index is -0.585. The van der Waals surface area contributed by atoms with Crippen molar-refractivity contribution in [2.75, 3.05) is 10.6 Å². The lowest BCUT2D eigenvalue weighted by Crippen LogP contribution is -2.14. The Kier molecular flexibility index (Phi) is 5.76. The number of hydrogen-bond donors (Lipinski definition) is 2. The summed E-state index contributed by atoms with van der Waals surface area (Å²) in [5, 5.41) is 14.4. The van der Waals surface area contributed by atoms with E-state index in [0.717, 1.165) is 0 Å². The molecule has 0 unspecified atom stereocenters. The molecule has 0 aliphatic heterocycles. The van der Waals surface area contributed by atoms with Crippen LogP contribution in [0.15, 0.2) is 52.9 Å². The van der Waals surface area contributed by atoms with Crippen LogP contribution in [0.1, 0.15) is 17.3 Å². The first-order valence-corrected chi connectivity index (χ1v) is 7.55. The van der Waals surface area contributed by atoms with Crippen LogP contribution in [0.4, 0.5) is 11.6 Å². The summed E-state index contributed by atoms with van der Waals surface area (Å²) in [7, 11) is 0. The number of benzene rings is 1. The molecule has 1 heterocycles. The molecule has 0 fully saturated rings. The third kappa shape index (κ3) is 4.72. The summed E-state index contributed by atoms with van der Waals surface area (Å²) < 4.78 is 0.712. The normalized spacial score (nSPS) is 10.6. The molecule has 0 radical (unpaired) electrons. The van der Waals surface area contributed by atoms with E-state index >= 15 is 0 Å². The molecule has 8 heteroatoms. The van der Waals surface area contributed by atoms with Crippen molar-refractivity contribution in [1.29, 1.82) is 5.26 Å². The zero-order chi connectivity index (χ0) is 17.5. The summed E-state index contributed by atoms with van der Waals surface area (Å²) in [5.74, 6) is -0.397. The fraction of sp³-hybridized carbons (Fsp3) is 0.0625. The summed E-state index contributed by atoms with van der Waals surface area (Å²) >= 11 is 3.21. The fourth-order valence-corrected chi connectivity index (χ4v) is 1.86. The Morgan fingerprint density at radius 2 is 1.83 bits per heavy atom. The van der Waals surface area contributed by atoms with Gasteiger partial charge in [0, 0.05) is 29.8 Å². The van der Waals surface area contributed by atoms with E-state index in [1.165, 1.54) is 25.5 Å². The summed E-state index contributed by atoms with van der Waals surface area (Å²) in [6, 6.07) is 8.18. The minimum absolute atomic E-state index is 0.0656. The topological polar surface area (TPSA) is 108 Å². The molecule has 2 aromatic rings. The highest BCUT2D eigenvalue weighted by atomic mass is 79.9. The third-order valence-corrected chi connectivity index (χ3v) is 3.29. The van der Waals surface area contributed by atoms with Crippen LogP contribution in [0.25, 0.3) is 0 Å². The average molecular weight is 386 g/mol. The molecule has 24 heavy (non-hydrogen) atoms. The van der Waals surface area contributed by atoms with Crippen molar-refractivity contribution in [2.45, 2.75) is 6.92 Å². The number of rotatable bonds is 5. The lowest BCUT2D eigenvalue weighted by atomic mass is 10.1. The first-order valence-electron chi connectivity index (χ1n) is 6.76. The van der Waals surface area contributed by atoms with Gasteiger partial charge in [-0.05, 0) is 47.1 Å². The number of anilines is 2. The maximum Gasteiger partial charge on any atom is 0.267 e. The van der Waals surface area contributed by atoms with Gasteiger partial charge in [-0.2, -0.15) is 5.26 Å². The highest BCUT2D eigenvalue weighted by Gasteiger charge is 2.10. The molecule has 7 nitrogen and oxygen atoms in total. The Morgan fingerprint density at radius 1 is 1.21 bits per heavy atom. The van der Waals surface area contributed by atoms with E-state index in [9.17, 15) is 9.59 Å². The Labute approximate surface area is 146 Å². The Balaban J connectivity index is 2.05. The van der Waals surface area contributed by atoms with Gasteiger partial charge in [0.2, 0.25) is 5.95 Å². The van der Waals surface area contributed by atoms with E-state index in [1.54, 1.807) is 30.3 Å². The molecule has 0 saturated carbocycles. The quantitative estimate of drug-likeness (QED) is 0.465. The van der Waals surface area contributed by atoms with Gasteiger partial charge in [-0.1, -0.05) is 0 Å². The Morgan fingerprint density at radius 3 is 2.38 bits per heavy atom. The summed E-state index contributed by atoms with van der Waals surface area (Å²) in [4.78, 5) is 31.2. The van der Waals surface area contributed by atoms with Crippen LogP contribution in [0.3, 0.4) is 0 Å². The maximum atomic E-state index is 12.1. The average Bonchev–Trinajstić information content (AvgIpc) is 2.57. The molecule has 1 amide bonds. The van der Waals surface area contributed by atoms with Crippen molar-refractivity contribution in [3.63, 3.8) is 0 Å². The van der Waals surface area contributed by atoms with Crippen LogP contribution in [0.2, 0.25) is 0 Å². The minimum Gasteiger partial charge on any atom is -0.329 e. The van der Waals surface area contributed by atoms with E-state index in [1.807, 2.05) is 0 Å². The van der Waals surface area contributed by atoms with Crippen molar-refractivity contribution in [1.82, 2.24) is 9.97 Å². The molecule has 1 aromatic heterocycles. The van der Waals surface area contributed by atoms with E-state index in [2.05, 4.69) is 36.5 Å². The molecule has 1 aromatic carbocycles. The third-order valence-electron chi connectivity index (χ3n) is 2.88. The second-order valence-corrected chi connectivity index (χ2v) is 5.54. The molecule has 0 aliphatic rings. The monoisotopic (exact) mass is 385 g/mol. The highest BCUT2D eigenvalue weighted by Crippen LogP contribution is 2.12. The molecule has 0 aliphatic carbocycles. The van der Waals surface area contributed by atoms with Crippen LogP contribution >= 0.6 is 15.9 Å². The van der Waals surface area contributed by atoms with Gasteiger partial charge >= 0.3 is 0 Å². The number of Topliss-reactive ketones (excluding diaryl/α,β-unsaturated/α-hetero) is 1. The fourth-order valence-electron chi connectivity index (χ4n) is 1.66. The summed E-state index contributed by atoms with van der Waals surface area (Å²) in [6.07, 6.45) is 4.29. The number of carbonyl (C=O) groups is 2. The van der Waals surface area contributed by atoms with Gasteiger partial charge < -0.3 is 10.6 Å². The largest absolute Gasteiger partial charge is 0.329 e. The molecule has 2 rings (SSSR count). The number of nitriles is 1. The standard InChI is InChI=1S/C16H12BrN5O2/c1-10(23)11-2-4-14(5-3-11)22-15(24)12(6-18)7-19-16-20-8-13(17)9-21-16/h2-5,7-9H,1H3,(H,22,24)(H,19,20,21)/b12-7-. The smallest absolute Gasteiger partial charge is 0.267 e. The second-order valence-electron chi connectivity index (χ2n) is 4.63. The molecule has 0 spiro atoms. The van der Waals surface area contributed by atoms with E-state index in [4.69, 9.17) is 5.26 Å². The zero-order valence-electron chi connectivity index (χ0n) is 12.6. The molecular formula is C16H12BrN5O2. The van der Waals surface area contributed by atoms with Gasteiger partial charge in [0.15, 0.2) is 5.78 Å². The SMILES string of the molecule is CC(=O)c1ccc(NC(=O)/C(C#N)=C\Nc2ncc(Br)cn2)cc1. The number of nitrogens with zero attached hydrogens (tertiary/aromatic N) is 3. The molecule has 0 saturated heterocycles. The van der Waals surface area contributed by atoms with Crippen molar-refractivity contribution in [3.8, 4) is 6.07 Å². The van der Waals surface area contributed by atoms with Crippen LogP contribution in [-0.2, 0) is 4.79 Å². The predicted molar refractivity (Wildman–Crippen MR) is 92.1 cm³/mol. The number of halogens is 1. The van der Waals surface area contributed by atoms with Crippen LogP contribution < -0.4 is 10.6 Å². The Hall–Kier alpha value is -3.05. The lowest BCUT2D eigenvalue weighted by Gasteiger charge is -2.05. The van der Waals surface area contributed by atoms with Crippen LogP contribution in [-0.4, -0.2) is 21.7 Å². The second kappa shape index (κ2) is 7.99. The Bertz CT molecular complexity index is 823. The van der Waals surface area contributed by atoms with Gasteiger partial charge in [0.1, 0.15) is 11.6 Å². The predicted octanol–water partition coefficient (Wildman–Crippen LogP) is 2.90. The number of carbonyl (C=O) groups excluding carboxylic acids is 2. The lowest BCUT2D eigenvalue weighted by molar-refractivity contribution is -0.112. The van der Waals surface area contributed by atoms with E-state index in [0.29, 0.717) is 15.7 Å². The van der Waals surface area contributed by atoms with E-state index < -0.39 is 5.91 Å². The zero-order valence-corrected chi connectivity index (χ0v) is 14.2. The van der Waals surface area contributed by atoms with Crippen molar-refractivity contribution in [3.05, 3.63) is 58.5 Å². The molecule has 0 atom stereocenters. The van der Waals surface area contributed by atoms with Crippen LogP contribution in [0, 0.1) is 11.3 Å². The van der Waals surface area contributed by atoms with Gasteiger partial charge in [-0.25, -0.2) is 9.97 Å². The van der Waals surface area contributed by atoms with Crippen molar-refractivity contribution in [2.24, 2.45) is 0 Å². The molecular weight excluding hydrogens is 374 g/mol. The van der Waals surface area contributed by atoms with Gasteiger partial charge in [0.25, 0.3) is 5.91 Å². The van der Waals surface area contributed by atoms with E-state index in [-0.39, 0.29) is 17.3 Å². The number of aromatic nitrogens is 2. The first kappa shape index (κ1) is 17.3. The number of ketones is 1. The van der Waals surface area contributed by atoms with Gasteiger partial charge in [0.05, 0.1) is 4.47 Å². The molecule has 0 bridgehead atoms. The van der Waals surface area contributed by atoms with Crippen LogP contribution in [0.5, 0.6) is 0 Å². The van der Waals surface area contributed by atoms with Gasteiger partial charge in [-0.3, -0.25) is 9.59 Å².